The number of para-hydroxylation sites is 1. The monoisotopic (exact) mass is 317 g/mol. The van der Waals surface area contributed by atoms with Gasteiger partial charge in [0.15, 0.2) is 17.3 Å². The Bertz CT molecular complexity index is 743. The normalized spacial score (nSPS) is 11.1. The zero-order chi connectivity index (χ0) is 16.1. The Labute approximate surface area is 132 Å². The zero-order valence-corrected chi connectivity index (χ0v) is 12.6. The quantitative estimate of drug-likeness (QED) is 0.667. The molecule has 0 aliphatic heterocycles. The number of hydrogen-bond donors (Lipinski definition) is 0. The van der Waals surface area contributed by atoms with Gasteiger partial charge in [0.05, 0.1) is 12.8 Å². The molecule has 3 rings (SSSR count). The van der Waals surface area contributed by atoms with Crippen LogP contribution < -0.4 is 4.74 Å². The van der Waals surface area contributed by atoms with Crippen LogP contribution >= 0.6 is 0 Å². The third-order valence-corrected chi connectivity index (χ3v) is 3.17. The summed E-state index contributed by atoms with van der Waals surface area (Å²) in [6.45, 7) is 1.41. The molecule has 0 radical (unpaired) electrons. The first kappa shape index (κ1) is 15.2. The van der Waals surface area contributed by atoms with E-state index in [2.05, 4.69) is 10.2 Å². The van der Waals surface area contributed by atoms with Gasteiger partial charge in [0.2, 0.25) is 5.89 Å². The lowest BCUT2D eigenvalue weighted by Gasteiger charge is -2.14. The van der Waals surface area contributed by atoms with Crippen molar-refractivity contribution in [3.05, 3.63) is 54.4 Å². The molecule has 0 saturated heterocycles. The van der Waals surface area contributed by atoms with E-state index in [-0.39, 0.29) is 11.6 Å². The van der Waals surface area contributed by atoms with E-state index in [9.17, 15) is 4.39 Å². The highest BCUT2D eigenvalue weighted by Crippen LogP contribution is 2.18. The van der Waals surface area contributed by atoms with Gasteiger partial charge in [-0.2, -0.15) is 0 Å². The van der Waals surface area contributed by atoms with Gasteiger partial charge in [-0.05, 0) is 31.3 Å². The van der Waals surface area contributed by atoms with Gasteiger partial charge in [-0.15, -0.1) is 10.2 Å². The summed E-state index contributed by atoms with van der Waals surface area (Å²) in [6, 6.07) is 9.84. The summed E-state index contributed by atoms with van der Waals surface area (Å²) in [4.78, 5) is 1.94. The number of hydrogen-bond acceptors (Lipinski definition) is 6. The van der Waals surface area contributed by atoms with Gasteiger partial charge in [0.25, 0.3) is 5.89 Å². The molecule has 0 saturated carbocycles. The molecule has 0 bridgehead atoms. The number of ether oxygens (including phenoxy) is 1. The van der Waals surface area contributed by atoms with Crippen LogP contribution in [0.2, 0.25) is 0 Å². The van der Waals surface area contributed by atoms with Crippen LogP contribution in [0.1, 0.15) is 5.89 Å². The molecule has 0 atom stereocenters. The molecule has 0 aliphatic rings. The summed E-state index contributed by atoms with van der Waals surface area (Å²) in [5.41, 5.74) is 0. The molecular weight excluding hydrogens is 301 g/mol. The number of aromatic nitrogens is 2. The molecule has 7 heteroatoms. The van der Waals surface area contributed by atoms with Crippen molar-refractivity contribution in [1.29, 1.82) is 0 Å². The zero-order valence-electron chi connectivity index (χ0n) is 12.6. The number of rotatable bonds is 7. The van der Waals surface area contributed by atoms with Crippen LogP contribution in [0.25, 0.3) is 11.7 Å². The molecule has 0 aliphatic carbocycles. The summed E-state index contributed by atoms with van der Waals surface area (Å²) in [6.07, 6.45) is 1.55. The minimum atomic E-state index is -0.366. The molecule has 120 valence electrons. The van der Waals surface area contributed by atoms with Crippen LogP contribution in [0.3, 0.4) is 0 Å². The number of nitrogens with zero attached hydrogens (tertiary/aromatic N) is 3. The third-order valence-electron chi connectivity index (χ3n) is 3.17. The van der Waals surface area contributed by atoms with E-state index < -0.39 is 0 Å². The highest BCUT2D eigenvalue weighted by molar-refractivity contribution is 5.42. The highest BCUT2D eigenvalue weighted by Gasteiger charge is 2.12. The molecule has 23 heavy (non-hydrogen) atoms. The van der Waals surface area contributed by atoms with E-state index in [1.807, 2.05) is 11.9 Å². The van der Waals surface area contributed by atoms with Gasteiger partial charge < -0.3 is 13.6 Å². The molecular formula is C16H16FN3O3. The molecule has 0 amide bonds. The average molecular weight is 317 g/mol. The summed E-state index contributed by atoms with van der Waals surface area (Å²) < 4.78 is 29.5. The van der Waals surface area contributed by atoms with E-state index in [0.717, 1.165) is 0 Å². The Morgan fingerprint density at radius 2 is 2.04 bits per heavy atom. The summed E-state index contributed by atoms with van der Waals surface area (Å²) in [7, 11) is 1.89. The van der Waals surface area contributed by atoms with E-state index >= 15 is 0 Å². The molecule has 0 spiro atoms. The lowest BCUT2D eigenvalue weighted by Crippen LogP contribution is -2.24. The molecule has 2 aromatic heterocycles. The second-order valence-electron chi connectivity index (χ2n) is 4.99. The maximum absolute atomic E-state index is 13.4. The highest BCUT2D eigenvalue weighted by atomic mass is 19.1. The van der Waals surface area contributed by atoms with Crippen molar-refractivity contribution in [1.82, 2.24) is 15.1 Å². The van der Waals surface area contributed by atoms with Gasteiger partial charge in [-0.3, -0.25) is 4.90 Å². The molecule has 2 heterocycles. The van der Waals surface area contributed by atoms with Gasteiger partial charge in [-0.1, -0.05) is 12.1 Å². The van der Waals surface area contributed by atoms with Crippen LogP contribution in [0.5, 0.6) is 5.75 Å². The maximum atomic E-state index is 13.4. The second-order valence-corrected chi connectivity index (χ2v) is 4.99. The molecule has 1 aromatic carbocycles. The van der Waals surface area contributed by atoms with Crippen molar-refractivity contribution in [2.45, 2.75) is 6.54 Å². The number of benzene rings is 1. The van der Waals surface area contributed by atoms with Crippen molar-refractivity contribution in [2.75, 3.05) is 20.2 Å². The van der Waals surface area contributed by atoms with Crippen molar-refractivity contribution >= 4 is 0 Å². The minimum absolute atomic E-state index is 0.249. The first-order valence-corrected chi connectivity index (χ1v) is 7.14. The summed E-state index contributed by atoms with van der Waals surface area (Å²) >= 11 is 0. The molecule has 0 N–H and O–H groups in total. The predicted octanol–water partition coefficient (Wildman–Crippen LogP) is 2.98. The summed E-state index contributed by atoms with van der Waals surface area (Å²) in [5.74, 6) is 1.24. The first-order valence-electron chi connectivity index (χ1n) is 7.14. The van der Waals surface area contributed by atoms with E-state index in [4.69, 9.17) is 13.6 Å². The van der Waals surface area contributed by atoms with Crippen molar-refractivity contribution < 1.29 is 18.0 Å². The van der Waals surface area contributed by atoms with Crippen molar-refractivity contribution in [3.63, 3.8) is 0 Å². The second kappa shape index (κ2) is 7.06. The SMILES string of the molecule is CN(CCOc1ccccc1F)Cc1nnc(-c2ccco2)o1. The Balaban J connectivity index is 1.48. The topological polar surface area (TPSA) is 64.5 Å². The fourth-order valence-electron chi connectivity index (χ4n) is 2.00. The van der Waals surface area contributed by atoms with E-state index in [1.54, 1.807) is 36.6 Å². The van der Waals surface area contributed by atoms with E-state index in [1.165, 1.54) is 6.07 Å². The maximum Gasteiger partial charge on any atom is 0.283 e. The van der Waals surface area contributed by atoms with Gasteiger partial charge >= 0.3 is 0 Å². The third kappa shape index (κ3) is 3.95. The Hall–Kier alpha value is -2.67. The Kier molecular flexibility index (Phi) is 4.68. The first-order chi connectivity index (χ1) is 11.2. The van der Waals surface area contributed by atoms with E-state index in [0.29, 0.717) is 37.2 Å². The van der Waals surface area contributed by atoms with Gasteiger partial charge in [0.1, 0.15) is 6.61 Å². The van der Waals surface area contributed by atoms with Crippen LogP contribution in [0.15, 0.2) is 51.5 Å². The Morgan fingerprint density at radius 3 is 2.83 bits per heavy atom. The number of furan rings is 1. The fourth-order valence-corrected chi connectivity index (χ4v) is 2.00. The minimum Gasteiger partial charge on any atom is -0.489 e. The standard InChI is InChI=1S/C16H16FN3O3/c1-20(8-10-22-13-6-3-2-5-12(13)17)11-15-18-19-16(23-15)14-7-4-9-21-14/h2-7,9H,8,10-11H2,1H3. The Morgan fingerprint density at radius 1 is 1.17 bits per heavy atom. The van der Waals surface area contributed by atoms with Gasteiger partial charge in [-0.25, -0.2) is 4.39 Å². The lowest BCUT2D eigenvalue weighted by molar-refractivity contribution is 0.215. The molecule has 6 nitrogen and oxygen atoms in total. The van der Waals surface area contributed by atoms with Crippen molar-refractivity contribution in [2.24, 2.45) is 0 Å². The van der Waals surface area contributed by atoms with Crippen LogP contribution in [-0.4, -0.2) is 35.3 Å². The van der Waals surface area contributed by atoms with Crippen molar-refractivity contribution in [3.8, 4) is 17.4 Å². The molecule has 0 unspecified atom stereocenters. The van der Waals surface area contributed by atoms with Crippen LogP contribution in [-0.2, 0) is 6.54 Å². The smallest absolute Gasteiger partial charge is 0.283 e. The summed E-state index contributed by atoms with van der Waals surface area (Å²) in [5, 5.41) is 7.91. The molecule has 3 aromatic rings. The fraction of sp³-hybridized carbons (Fsp3) is 0.250. The average Bonchev–Trinajstić information content (AvgIpc) is 3.20. The number of likely N-dealkylation sites (N-methyl/N-ethyl adjacent to an activating group) is 1. The lowest BCUT2D eigenvalue weighted by atomic mass is 10.3. The predicted molar refractivity (Wildman–Crippen MR) is 80.2 cm³/mol. The largest absolute Gasteiger partial charge is 0.489 e. The van der Waals surface area contributed by atoms with Gasteiger partial charge in [0, 0.05) is 6.54 Å². The number of halogens is 1. The van der Waals surface area contributed by atoms with Crippen LogP contribution in [0, 0.1) is 5.82 Å². The molecule has 0 fully saturated rings. The van der Waals surface area contributed by atoms with Crippen LogP contribution in [0.4, 0.5) is 4.39 Å².